The van der Waals surface area contributed by atoms with E-state index in [9.17, 15) is 18.4 Å². The Bertz CT molecular complexity index is 268. The molecule has 0 amide bonds. The largest absolute Gasteiger partial charge is 0.281 e. The fourth-order valence-corrected chi connectivity index (χ4v) is 2.29. The third-order valence-corrected chi connectivity index (χ3v) is 2.93. The molecular formula is C8H8Cl2F2O2. The highest BCUT2D eigenvalue weighted by Crippen LogP contribution is 2.43. The second-order valence-electron chi connectivity index (χ2n) is 3.35. The van der Waals surface area contributed by atoms with Crippen molar-refractivity contribution < 1.29 is 18.4 Å². The summed E-state index contributed by atoms with van der Waals surface area (Å²) in [6.07, 6.45) is -0.0470. The molecule has 0 aliphatic heterocycles. The molecule has 2 atom stereocenters. The molecule has 0 saturated heterocycles. The molecule has 1 aliphatic rings. The smallest absolute Gasteiger partial charge is 0.259 e. The van der Waals surface area contributed by atoms with Crippen molar-refractivity contribution in [3.63, 3.8) is 0 Å². The van der Waals surface area contributed by atoms with E-state index >= 15 is 0 Å². The second-order valence-corrected chi connectivity index (χ2v) is 4.09. The molecule has 1 aliphatic carbocycles. The molecular weight excluding hydrogens is 237 g/mol. The summed E-state index contributed by atoms with van der Waals surface area (Å²) in [4.78, 5) is 21.6. The number of halogens is 4. The van der Waals surface area contributed by atoms with Crippen LogP contribution in [0.15, 0.2) is 0 Å². The molecule has 2 nitrogen and oxygen atoms in total. The SMILES string of the molecule is O=C(Cl)C1CCCC(F)(F)C1C(=O)Cl. The minimum atomic E-state index is -3.22. The Morgan fingerprint density at radius 2 is 1.79 bits per heavy atom. The second kappa shape index (κ2) is 4.11. The Labute approximate surface area is 89.5 Å². The first-order valence-corrected chi connectivity index (χ1v) is 4.88. The predicted molar refractivity (Wildman–Crippen MR) is 47.5 cm³/mol. The van der Waals surface area contributed by atoms with Crippen LogP contribution in [0.1, 0.15) is 19.3 Å². The van der Waals surface area contributed by atoms with Gasteiger partial charge in [0.05, 0.1) is 0 Å². The number of rotatable bonds is 2. The van der Waals surface area contributed by atoms with E-state index in [1.165, 1.54) is 0 Å². The van der Waals surface area contributed by atoms with Gasteiger partial charge in [-0.25, -0.2) is 8.78 Å². The fraction of sp³-hybridized carbons (Fsp3) is 0.750. The van der Waals surface area contributed by atoms with Gasteiger partial charge < -0.3 is 0 Å². The van der Waals surface area contributed by atoms with Crippen molar-refractivity contribution in [3.05, 3.63) is 0 Å². The lowest BCUT2D eigenvalue weighted by Gasteiger charge is -2.33. The van der Waals surface area contributed by atoms with E-state index in [-0.39, 0.29) is 12.8 Å². The molecule has 80 valence electrons. The summed E-state index contributed by atoms with van der Waals surface area (Å²) in [7, 11) is 0. The van der Waals surface area contributed by atoms with Gasteiger partial charge in [-0.3, -0.25) is 9.59 Å². The number of hydrogen-bond acceptors (Lipinski definition) is 2. The van der Waals surface area contributed by atoms with Crippen LogP contribution in [0.3, 0.4) is 0 Å². The highest BCUT2D eigenvalue weighted by molar-refractivity contribution is 6.66. The first kappa shape index (κ1) is 11.9. The van der Waals surface area contributed by atoms with Crippen LogP contribution in [0.25, 0.3) is 0 Å². The summed E-state index contributed by atoms with van der Waals surface area (Å²) < 4.78 is 26.4. The van der Waals surface area contributed by atoms with Crippen molar-refractivity contribution in [3.8, 4) is 0 Å². The Morgan fingerprint density at radius 3 is 2.14 bits per heavy atom. The predicted octanol–water partition coefficient (Wildman–Crippen LogP) is 2.57. The molecule has 0 bridgehead atoms. The summed E-state index contributed by atoms with van der Waals surface area (Å²) in [5.41, 5.74) is 0. The van der Waals surface area contributed by atoms with Gasteiger partial charge >= 0.3 is 0 Å². The van der Waals surface area contributed by atoms with Crippen LogP contribution in [-0.4, -0.2) is 16.4 Å². The molecule has 0 spiro atoms. The lowest BCUT2D eigenvalue weighted by Crippen LogP contribution is -2.43. The maximum atomic E-state index is 13.2. The van der Waals surface area contributed by atoms with Crippen molar-refractivity contribution in [2.75, 3.05) is 0 Å². The van der Waals surface area contributed by atoms with Crippen molar-refractivity contribution in [1.82, 2.24) is 0 Å². The highest BCUT2D eigenvalue weighted by Gasteiger charge is 2.52. The van der Waals surface area contributed by atoms with Crippen molar-refractivity contribution >= 4 is 33.7 Å². The summed E-state index contributed by atoms with van der Waals surface area (Å²) in [5, 5.41) is -2.10. The Kier molecular flexibility index (Phi) is 3.48. The van der Waals surface area contributed by atoms with Gasteiger partial charge in [-0.15, -0.1) is 0 Å². The zero-order chi connectivity index (χ0) is 10.9. The number of alkyl halides is 2. The fourth-order valence-electron chi connectivity index (χ4n) is 1.74. The number of hydrogen-bond donors (Lipinski definition) is 0. The summed E-state index contributed by atoms with van der Waals surface area (Å²) in [5.74, 6) is -6.12. The van der Waals surface area contributed by atoms with Crippen LogP contribution in [0.2, 0.25) is 0 Å². The number of carbonyl (C=O) groups excluding carboxylic acids is 2. The van der Waals surface area contributed by atoms with E-state index in [4.69, 9.17) is 23.2 Å². The monoisotopic (exact) mass is 244 g/mol. The van der Waals surface area contributed by atoms with Crippen LogP contribution in [0.5, 0.6) is 0 Å². The molecule has 2 unspecified atom stereocenters. The lowest BCUT2D eigenvalue weighted by atomic mass is 9.78. The average molecular weight is 245 g/mol. The lowest BCUT2D eigenvalue weighted by molar-refractivity contribution is -0.149. The molecule has 6 heteroatoms. The van der Waals surface area contributed by atoms with Crippen LogP contribution in [-0.2, 0) is 9.59 Å². The van der Waals surface area contributed by atoms with E-state index in [1.807, 2.05) is 0 Å². The summed E-state index contributed by atoms with van der Waals surface area (Å²) in [6, 6.07) is 0. The molecule has 0 radical (unpaired) electrons. The molecule has 1 rings (SSSR count). The minimum Gasteiger partial charge on any atom is -0.281 e. The first-order valence-electron chi connectivity index (χ1n) is 4.13. The molecule has 1 fully saturated rings. The van der Waals surface area contributed by atoms with Crippen molar-refractivity contribution in [1.29, 1.82) is 0 Å². The van der Waals surface area contributed by atoms with Crippen molar-refractivity contribution in [2.24, 2.45) is 11.8 Å². The standard InChI is InChI=1S/C8H8Cl2F2O2/c9-6(13)4-2-1-3-8(11,12)5(4)7(10)14/h4-5H,1-3H2. The molecule has 0 aromatic carbocycles. The number of carbonyl (C=O) groups is 2. The third-order valence-electron chi connectivity index (χ3n) is 2.42. The zero-order valence-electron chi connectivity index (χ0n) is 7.10. The Balaban J connectivity index is 2.96. The quantitative estimate of drug-likeness (QED) is 0.700. The van der Waals surface area contributed by atoms with Gasteiger partial charge in [-0.1, -0.05) is 0 Å². The van der Waals surface area contributed by atoms with E-state index in [1.54, 1.807) is 0 Å². The highest BCUT2D eigenvalue weighted by atomic mass is 35.5. The topological polar surface area (TPSA) is 34.1 Å². The van der Waals surface area contributed by atoms with Crippen molar-refractivity contribution in [2.45, 2.75) is 25.2 Å². The van der Waals surface area contributed by atoms with Crippen LogP contribution in [0.4, 0.5) is 8.78 Å². The van der Waals surface area contributed by atoms with Gasteiger partial charge in [0.15, 0.2) is 0 Å². The normalized spacial score (nSPS) is 31.1. The molecule has 1 saturated carbocycles. The Morgan fingerprint density at radius 1 is 1.21 bits per heavy atom. The van der Waals surface area contributed by atoms with Gasteiger partial charge in [0.1, 0.15) is 5.92 Å². The molecule has 0 heterocycles. The summed E-state index contributed by atoms with van der Waals surface area (Å²) >= 11 is 10.2. The van der Waals surface area contributed by atoms with E-state index < -0.39 is 34.7 Å². The van der Waals surface area contributed by atoms with Gasteiger partial charge in [0.2, 0.25) is 10.5 Å². The van der Waals surface area contributed by atoms with E-state index in [2.05, 4.69) is 0 Å². The van der Waals surface area contributed by atoms with Gasteiger partial charge in [0.25, 0.3) is 5.92 Å². The Hall–Kier alpha value is -0.220. The third kappa shape index (κ3) is 2.23. The van der Waals surface area contributed by atoms with E-state index in [0.29, 0.717) is 0 Å². The average Bonchev–Trinajstić information content (AvgIpc) is 2.00. The molecule has 0 N–H and O–H groups in total. The first-order chi connectivity index (χ1) is 6.36. The molecule has 0 aromatic rings. The molecule has 14 heavy (non-hydrogen) atoms. The van der Waals surface area contributed by atoms with Gasteiger partial charge in [-0.2, -0.15) is 0 Å². The molecule has 0 aromatic heterocycles. The maximum Gasteiger partial charge on any atom is 0.259 e. The van der Waals surface area contributed by atoms with Crippen LogP contribution in [0, 0.1) is 11.8 Å². The summed E-state index contributed by atoms with van der Waals surface area (Å²) in [6.45, 7) is 0. The minimum absolute atomic E-state index is 0.177. The van der Waals surface area contributed by atoms with Crippen LogP contribution < -0.4 is 0 Å². The van der Waals surface area contributed by atoms with E-state index in [0.717, 1.165) is 0 Å². The van der Waals surface area contributed by atoms with Gasteiger partial charge in [-0.05, 0) is 36.0 Å². The van der Waals surface area contributed by atoms with Gasteiger partial charge in [0, 0.05) is 12.3 Å². The van der Waals surface area contributed by atoms with Crippen LogP contribution >= 0.6 is 23.2 Å². The zero-order valence-corrected chi connectivity index (χ0v) is 8.62. The maximum absolute atomic E-state index is 13.2.